The van der Waals surface area contributed by atoms with Crippen molar-refractivity contribution in [3.8, 4) is 5.69 Å². The number of rotatable bonds is 6. The van der Waals surface area contributed by atoms with E-state index in [1.807, 2.05) is 6.92 Å². The zero-order valence-electron chi connectivity index (χ0n) is 17.4. The molecule has 0 unspecified atom stereocenters. The minimum Gasteiger partial charge on any atom is -0.355 e. The van der Waals surface area contributed by atoms with Crippen molar-refractivity contribution in [3.63, 3.8) is 0 Å². The van der Waals surface area contributed by atoms with E-state index in [1.165, 1.54) is 28.0 Å². The zero-order chi connectivity index (χ0) is 22.9. The number of thioether (sulfide) groups is 1. The second-order valence-electron chi connectivity index (χ2n) is 7.61. The van der Waals surface area contributed by atoms with Crippen LogP contribution in [0.5, 0.6) is 0 Å². The SMILES string of the molecule is CCCNC(=O)CSc1nc2sc3c(c2c(=O)n1-c1cccc(C(F)(F)F)c1)CCCC3. The maximum Gasteiger partial charge on any atom is 0.416 e. The summed E-state index contributed by atoms with van der Waals surface area (Å²) in [6.45, 7) is 2.47. The van der Waals surface area contributed by atoms with Crippen LogP contribution in [-0.4, -0.2) is 27.8 Å². The summed E-state index contributed by atoms with van der Waals surface area (Å²) in [5.74, 6) is -0.200. The molecule has 32 heavy (non-hydrogen) atoms. The van der Waals surface area contributed by atoms with Gasteiger partial charge in [0.05, 0.1) is 22.4 Å². The number of halogens is 3. The quantitative estimate of drug-likeness (QED) is 0.399. The van der Waals surface area contributed by atoms with Gasteiger partial charge in [-0.2, -0.15) is 13.2 Å². The van der Waals surface area contributed by atoms with E-state index in [4.69, 9.17) is 0 Å². The summed E-state index contributed by atoms with van der Waals surface area (Å²) in [5, 5.41) is 3.46. The van der Waals surface area contributed by atoms with Gasteiger partial charge in [-0.15, -0.1) is 11.3 Å². The lowest BCUT2D eigenvalue weighted by Crippen LogP contribution is -2.27. The van der Waals surface area contributed by atoms with Crippen molar-refractivity contribution in [2.24, 2.45) is 0 Å². The Morgan fingerprint density at radius 1 is 1.28 bits per heavy atom. The number of hydrogen-bond donors (Lipinski definition) is 1. The van der Waals surface area contributed by atoms with Gasteiger partial charge in [0.25, 0.3) is 5.56 Å². The predicted octanol–water partition coefficient (Wildman–Crippen LogP) is 4.96. The van der Waals surface area contributed by atoms with Gasteiger partial charge in [0.15, 0.2) is 5.16 Å². The molecule has 1 aromatic carbocycles. The molecule has 5 nitrogen and oxygen atoms in total. The number of nitrogens with one attached hydrogen (secondary N) is 1. The largest absolute Gasteiger partial charge is 0.416 e. The number of fused-ring (bicyclic) bond motifs is 3. The smallest absolute Gasteiger partial charge is 0.355 e. The van der Waals surface area contributed by atoms with Crippen LogP contribution in [0.2, 0.25) is 0 Å². The van der Waals surface area contributed by atoms with E-state index in [0.29, 0.717) is 16.8 Å². The van der Waals surface area contributed by atoms with Crippen molar-refractivity contribution < 1.29 is 18.0 Å². The number of carbonyl (C=O) groups excluding carboxylic acids is 1. The van der Waals surface area contributed by atoms with E-state index in [9.17, 15) is 22.8 Å². The normalized spacial score (nSPS) is 13.9. The van der Waals surface area contributed by atoms with Crippen molar-refractivity contribution in [2.75, 3.05) is 12.3 Å². The lowest BCUT2D eigenvalue weighted by Gasteiger charge is -2.15. The minimum atomic E-state index is -4.54. The maximum absolute atomic E-state index is 13.6. The first-order chi connectivity index (χ1) is 15.3. The Hall–Kier alpha value is -2.33. The van der Waals surface area contributed by atoms with Crippen LogP contribution in [0.4, 0.5) is 13.2 Å². The van der Waals surface area contributed by atoms with E-state index in [2.05, 4.69) is 10.3 Å². The zero-order valence-corrected chi connectivity index (χ0v) is 19.1. The molecule has 0 saturated carbocycles. The van der Waals surface area contributed by atoms with Crippen LogP contribution in [0.15, 0.2) is 34.2 Å². The monoisotopic (exact) mass is 481 g/mol. The highest BCUT2D eigenvalue weighted by molar-refractivity contribution is 7.99. The molecule has 1 aliphatic carbocycles. The highest BCUT2D eigenvalue weighted by atomic mass is 32.2. The van der Waals surface area contributed by atoms with Gasteiger partial charge >= 0.3 is 6.18 Å². The molecule has 10 heteroatoms. The van der Waals surface area contributed by atoms with Crippen molar-refractivity contribution >= 4 is 39.2 Å². The molecule has 1 aliphatic rings. The summed E-state index contributed by atoms with van der Waals surface area (Å²) in [6, 6.07) is 4.66. The highest BCUT2D eigenvalue weighted by Gasteiger charge is 2.31. The van der Waals surface area contributed by atoms with Crippen LogP contribution >= 0.6 is 23.1 Å². The van der Waals surface area contributed by atoms with Gasteiger partial charge in [-0.1, -0.05) is 24.8 Å². The average Bonchev–Trinajstić information content (AvgIpc) is 3.14. The third-order valence-corrected chi connectivity index (χ3v) is 7.42. The predicted molar refractivity (Wildman–Crippen MR) is 121 cm³/mol. The summed E-state index contributed by atoms with van der Waals surface area (Å²) in [7, 11) is 0. The summed E-state index contributed by atoms with van der Waals surface area (Å²) in [6.07, 6.45) is -0.0961. The lowest BCUT2D eigenvalue weighted by atomic mass is 9.97. The van der Waals surface area contributed by atoms with E-state index in [1.54, 1.807) is 0 Å². The Kier molecular flexibility index (Phi) is 6.62. The van der Waals surface area contributed by atoms with Gasteiger partial charge in [-0.3, -0.25) is 14.2 Å². The fourth-order valence-corrected chi connectivity index (χ4v) is 5.92. The third kappa shape index (κ3) is 4.56. The number of thiophene rings is 1. The third-order valence-electron chi connectivity index (χ3n) is 5.29. The van der Waals surface area contributed by atoms with E-state index in [0.717, 1.165) is 66.4 Å². The maximum atomic E-state index is 13.6. The van der Waals surface area contributed by atoms with Gasteiger partial charge < -0.3 is 5.32 Å². The molecule has 0 bridgehead atoms. The number of alkyl halides is 3. The molecule has 0 saturated heterocycles. The number of hydrogen-bond acceptors (Lipinski definition) is 5. The Morgan fingerprint density at radius 2 is 2.06 bits per heavy atom. The number of amides is 1. The summed E-state index contributed by atoms with van der Waals surface area (Å²) >= 11 is 2.52. The fraction of sp³-hybridized carbons (Fsp3) is 0.409. The first-order valence-corrected chi connectivity index (χ1v) is 12.2. The molecule has 2 aromatic heterocycles. The van der Waals surface area contributed by atoms with Crippen LogP contribution in [0, 0.1) is 0 Å². The standard InChI is InChI=1S/C22H22F3N3O2S2/c1-2-10-26-17(29)12-31-21-27-19-18(15-8-3-4-9-16(15)32-19)20(30)28(21)14-7-5-6-13(11-14)22(23,24)25/h5-7,11H,2-4,8-10,12H2,1H3,(H,26,29). The van der Waals surface area contributed by atoms with Gasteiger partial charge in [0, 0.05) is 11.4 Å². The summed E-state index contributed by atoms with van der Waals surface area (Å²) < 4.78 is 41.2. The molecule has 3 aromatic rings. The molecule has 0 radical (unpaired) electrons. The molecular weight excluding hydrogens is 459 g/mol. The molecular formula is C22H22F3N3O2S2. The van der Waals surface area contributed by atoms with Crippen LogP contribution in [-0.2, 0) is 23.8 Å². The molecule has 0 fully saturated rings. The van der Waals surface area contributed by atoms with Crippen LogP contribution in [0.3, 0.4) is 0 Å². The molecule has 4 rings (SSSR count). The van der Waals surface area contributed by atoms with Crippen LogP contribution in [0.25, 0.3) is 15.9 Å². The van der Waals surface area contributed by atoms with Gasteiger partial charge in [-0.05, 0) is 55.9 Å². The van der Waals surface area contributed by atoms with E-state index < -0.39 is 11.7 Å². The number of benzene rings is 1. The number of aryl methyl sites for hydroxylation is 2. The first-order valence-electron chi connectivity index (χ1n) is 10.4. The minimum absolute atomic E-state index is 0.0159. The molecule has 1 N–H and O–H groups in total. The van der Waals surface area contributed by atoms with Crippen molar-refractivity contribution in [2.45, 2.75) is 50.4 Å². The van der Waals surface area contributed by atoms with Crippen molar-refractivity contribution in [1.82, 2.24) is 14.9 Å². The number of aromatic nitrogens is 2. The lowest BCUT2D eigenvalue weighted by molar-refractivity contribution is -0.137. The van der Waals surface area contributed by atoms with E-state index >= 15 is 0 Å². The van der Waals surface area contributed by atoms with Crippen molar-refractivity contribution in [3.05, 3.63) is 50.6 Å². The number of carbonyl (C=O) groups is 1. The Morgan fingerprint density at radius 3 is 2.81 bits per heavy atom. The molecule has 0 atom stereocenters. The van der Waals surface area contributed by atoms with Crippen LogP contribution < -0.4 is 10.9 Å². The highest BCUT2D eigenvalue weighted by Crippen LogP contribution is 2.36. The first kappa shape index (κ1) is 22.8. The Bertz CT molecular complexity index is 1220. The molecule has 2 heterocycles. The topological polar surface area (TPSA) is 64.0 Å². The second kappa shape index (κ2) is 9.27. The summed E-state index contributed by atoms with van der Waals surface area (Å²) in [5.41, 5.74) is -0.172. The summed E-state index contributed by atoms with van der Waals surface area (Å²) in [4.78, 5) is 32.1. The van der Waals surface area contributed by atoms with Crippen molar-refractivity contribution in [1.29, 1.82) is 0 Å². The van der Waals surface area contributed by atoms with Crippen LogP contribution in [0.1, 0.15) is 42.2 Å². The molecule has 0 spiro atoms. The van der Waals surface area contributed by atoms with E-state index in [-0.39, 0.29) is 28.1 Å². The van der Waals surface area contributed by atoms with Gasteiger partial charge in [0.1, 0.15) is 4.83 Å². The van der Waals surface area contributed by atoms with Gasteiger partial charge in [0.2, 0.25) is 5.91 Å². The number of nitrogens with zero attached hydrogens (tertiary/aromatic N) is 2. The fourth-order valence-electron chi connectivity index (χ4n) is 3.78. The molecule has 0 aliphatic heterocycles. The van der Waals surface area contributed by atoms with Gasteiger partial charge in [-0.25, -0.2) is 4.98 Å². The molecule has 170 valence electrons. The Balaban J connectivity index is 1.85. The average molecular weight is 482 g/mol. The molecule has 1 amide bonds. The Labute approximate surface area is 191 Å². The second-order valence-corrected chi connectivity index (χ2v) is 9.64.